The second-order valence-electron chi connectivity index (χ2n) is 9.90. The van der Waals surface area contributed by atoms with Gasteiger partial charge in [0.1, 0.15) is 11.7 Å². The summed E-state index contributed by atoms with van der Waals surface area (Å²) >= 11 is 0. The molecule has 0 aromatic carbocycles. The maximum Gasteiger partial charge on any atom is 0.303 e. The summed E-state index contributed by atoms with van der Waals surface area (Å²) in [5, 5.41) is 21.9. The van der Waals surface area contributed by atoms with Crippen LogP contribution in [0, 0.1) is 23.7 Å². The van der Waals surface area contributed by atoms with Gasteiger partial charge in [-0.3, -0.25) is 9.59 Å². The van der Waals surface area contributed by atoms with Gasteiger partial charge in [-0.05, 0) is 32.8 Å². The lowest BCUT2D eigenvalue weighted by Gasteiger charge is -2.44. The minimum Gasteiger partial charge on any atom is -0.459 e. The number of hydrogen-bond donors (Lipinski definition) is 2. The van der Waals surface area contributed by atoms with Crippen LogP contribution in [0.1, 0.15) is 47.5 Å². The van der Waals surface area contributed by atoms with Gasteiger partial charge in [-0.25, -0.2) is 0 Å². The molecule has 1 aliphatic carbocycles. The Bertz CT molecular complexity index is 743. The molecule has 29 heavy (non-hydrogen) atoms. The summed E-state index contributed by atoms with van der Waals surface area (Å²) in [7, 11) is 0. The topological polar surface area (TPSA) is 102 Å². The zero-order valence-corrected chi connectivity index (χ0v) is 17.8. The van der Waals surface area contributed by atoms with Gasteiger partial charge in [-0.15, -0.1) is 0 Å². The molecule has 3 heterocycles. The summed E-state index contributed by atoms with van der Waals surface area (Å²) in [5.74, 6) is -0.832. The molecule has 0 unspecified atom stereocenters. The monoisotopic (exact) mass is 408 g/mol. The molecule has 162 valence electrons. The van der Waals surface area contributed by atoms with E-state index < -0.39 is 35.5 Å². The Morgan fingerprint density at radius 2 is 2.00 bits per heavy atom. The zero-order chi connectivity index (χ0) is 21.3. The quantitative estimate of drug-likeness (QED) is 0.632. The summed E-state index contributed by atoms with van der Waals surface area (Å²) in [4.78, 5) is 24.9. The third-order valence-corrected chi connectivity index (χ3v) is 7.68. The molecule has 2 N–H and O–H groups in total. The molecule has 0 aromatic rings. The molecule has 7 heteroatoms. The molecule has 0 amide bonds. The number of hydrogen-bond acceptors (Lipinski definition) is 7. The van der Waals surface area contributed by atoms with E-state index in [1.54, 1.807) is 13.0 Å². The summed E-state index contributed by atoms with van der Waals surface area (Å²) in [5.41, 5.74) is -1.52. The van der Waals surface area contributed by atoms with Crippen molar-refractivity contribution in [2.75, 3.05) is 6.61 Å². The molecule has 0 aromatic heterocycles. The van der Waals surface area contributed by atoms with Gasteiger partial charge in [0.25, 0.3) is 0 Å². The minimum absolute atomic E-state index is 0.0183. The first-order valence-electron chi connectivity index (χ1n) is 10.5. The van der Waals surface area contributed by atoms with Crippen molar-refractivity contribution in [3.05, 3.63) is 11.6 Å². The molecule has 2 bridgehead atoms. The lowest BCUT2D eigenvalue weighted by Crippen LogP contribution is -2.58. The largest absolute Gasteiger partial charge is 0.459 e. The van der Waals surface area contributed by atoms with Gasteiger partial charge < -0.3 is 24.4 Å². The number of esters is 1. The van der Waals surface area contributed by atoms with Crippen LogP contribution in [-0.2, 0) is 23.8 Å². The highest BCUT2D eigenvalue weighted by molar-refractivity contribution is 5.94. The number of carbonyl (C=O) groups is 2. The van der Waals surface area contributed by atoms with Gasteiger partial charge in [0.15, 0.2) is 5.78 Å². The second kappa shape index (κ2) is 6.87. The molecule has 4 aliphatic rings. The zero-order valence-electron chi connectivity index (χ0n) is 17.8. The SMILES string of the molecule is CC(=O)O[C@@H]1C[C@@H](O)[C@](C)(O)C[C@@H]2O[C@H]3[C@@H]4[C@H]2C(C)=CC(=O)[C@@H]4[C@@H](C)CO[C@@]13C. The Morgan fingerprint density at radius 1 is 1.31 bits per heavy atom. The van der Waals surface area contributed by atoms with Crippen molar-refractivity contribution in [1.29, 1.82) is 0 Å². The normalized spacial score (nSPS) is 52.0. The molecule has 0 saturated carbocycles. The number of ketones is 1. The summed E-state index contributed by atoms with van der Waals surface area (Å²) < 4.78 is 18.5. The lowest BCUT2D eigenvalue weighted by molar-refractivity contribution is -0.205. The van der Waals surface area contributed by atoms with Crippen molar-refractivity contribution in [3.8, 4) is 0 Å². The van der Waals surface area contributed by atoms with Gasteiger partial charge in [0, 0.05) is 37.5 Å². The highest BCUT2D eigenvalue weighted by atomic mass is 16.6. The van der Waals surface area contributed by atoms with Gasteiger partial charge in [0.05, 0.1) is 30.5 Å². The summed E-state index contributed by atoms with van der Waals surface area (Å²) in [6, 6.07) is 0. The fourth-order valence-corrected chi connectivity index (χ4v) is 6.14. The van der Waals surface area contributed by atoms with Crippen LogP contribution in [0.5, 0.6) is 0 Å². The highest BCUT2D eigenvalue weighted by Gasteiger charge is 2.65. The van der Waals surface area contributed by atoms with E-state index in [0.717, 1.165) is 5.57 Å². The van der Waals surface area contributed by atoms with E-state index in [2.05, 4.69) is 0 Å². The van der Waals surface area contributed by atoms with E-state index in [1.165, 1.54) is 6.92 Å². The van der Waals surface area contributed by atoms with Crippen LogP contribution in [0.2, 0.25) is 0 Å². The molecular formula is C22H32O7. The Kier molecular flexibility index (Phi) is 4.97. The van der Waals surface area contributed by atoms with E-state index in [1.807, 2.05) is 20.8 Å². The molecule has 4 rings (SSSR count). The van der Waals surface area contributed by atoms with E-state index in [-0.39, 0.29) is 48.4 Å². The minimum atomic E-state index is -1.43. The highest BCUT2D eigenvalue weighted by Crippen LogP contribution is 2.56. The van der Waals surface area contributed by atoms with E-state index in [9.17, 15) is 19.8 Å². The van der Waals surface area contributed by atoms with Crippen molar-refractivity contribution >= 4 is 11.8 Å². The van der Waals surface area contributed by atoms with Gasteiger partial charge in [0.2, 0.25) is 0 Å². The number of allylic oxidation sites excluding steroid dienone is 1. The van der Waals surface area contributed by atoms with Crippen LogP contribution in [0.4, 0.5) is 0 Å². The number of carbonyl (C=O) groups excluding carboxylic acids is 2. The van der Waals surface area contributed by atoms with Crippen molar-refractivity contribution in [2.24, 2.45) is 23.7 Å². The van der Waals surface area contributed by atoms with Crippen LogP contribution >= 0.6 is 0 Å². The lowest BCUT2D eigenvalue weighted by atomic mass is 9.62. The van der Waals surface area contributed by atoms with E-state index in [4.69, 9.17) is 14.2 Å². The van der Waals surface area contributed by atoms with Crippen LogP contribution in [-0.4, -0.2) is 64.2 Å². The summed E-state index contributed by atoms with van der Waals surface area (Å²) in [6.07, 6.45) is -0.777. The van der Waals surface area contributed by atoms with E-state index in [0.29, 0.717) is 6.61 Å². The van der Waals surface area contributed by atoms with E-state index >= 15 is 0 Å². The molecule has 3 fully saturated rings. The van der Waals surface area contributed by atoms with Crippen LogP contribution in [0.3, 0.4) is 0 Å². The molecule has 3 saturated heterocycles. The molecule has 10 atom stereocenters. The maximum absolute atomic E-state index is 13.0. The number of ether oxygens (including phenoxy) is 3. The van der Waals surface area contributed by atoms with Crippen molar-refractivity contribution in [1.82, 2.24) is 0 Å². The smallest absolute Gasteiger partial charge is 0.303 e. The van der Waals surface area contributed by atoms with Crippen LogP contribution in [0.25, 0.3) is 0 Å². The van der Waals surface area contributed by atoms with Crippen molar-refractivity contribution in [2.45, 2.75) is 83.1 Å². The Morgan fingerprint density at radius 3 is 2.66 bits per heavy atom. The first-order valence-corrected chi connectivity index (χ1v) is 10.5. The Hall–Kier alpha value is -1.28. The third-order valence-electron chi connectivity index (χ3n) is 7.68. The molecule has 7 nitrogen and oxygen atoms in total. The first kappa shape index (κ1) is 21.0. The predicted molar refractivity (Wildman–Crippen MR) is 103 cm³/mol. The molecular weight excluding hydrogens is 376 g/mol. The first-order chi connectivity index (χ1) is 13.5. The van der Waals surface area contributed by atoms with Gasteiger partial charge in [-0.1, -0.05) is 12.5 Å². The standard InChI is InChI=1S/C22H32O7/c1-10-6-13(24)17-11(2)9-27-22(5)16(28-12(3)23)7-15(25)21(4,26)8-14-18(10)19(17)20(22)29-14/h6,11,14-20,25-26H,7-9H2,1-5H3/t11-,14-,15+,16+,17-,18-,19-,20-,21+,22-/m0/s1. The Balaban J connectivity index is 1.89. The van der Waals surface area contributed by atoms with Gasteiger partial charge in [-0.2, -0.15) is 0 Å². The fraction of sp³-hybridized carbons (Fsp3) is 0.818. The Labute approximate surface area is 171 Å². The summed E-state index contributed by atoms with van der Waals surface area (Å²) in [6.45, 7) is 9.04. The molecule has 0 spiro atoms. The number of aliphatic hydroxyl groups excluding tert-OH is 1. The average Bonchev–Trinajstić information content (AvgIpc) is 2.93. The van der Waals surface area contributed by atoms with Crippen LogP contribution in [0.15, 0.2) is 11.6 Å². The second-order valence-corrected chi connectivity index (χ2v) is 9.90. The van der Waals surface area contributed by atoms with Crippen molar-refractivity contribution < 1.29 is 34.0 Å². The number of aliphatic hydroxyl groups is 2. The third kappa shape index (κ3) is 3.17. The van der Waals surface area contributed by atoms with Crippen LogP contribution < -0.4 is 0 Å². The number of rotatable bonds is 1. The predicted octanol–water partition coefficient (Wildman–Crippen LogP) is 1.39. The van der Waals surface area contributed by atoms with Gasteiger partial charge >= 0.3 is 5.97 Å². The fourth-order valence-electron chi connectivity index (χ4n) is 6.14. The molecule has 3 aliphatic heterocycles. The molecule has 0 radical (unpaired) electrons. The van der Waals surface area contributed by atoms with Crippen molar-refractivity contribution in [3.63, 3.8) is 0 Å². The maximum atomic E-state index is 13.0. The average molecular weight is 408 g/mol. The number of fused-ring (bicyclic) bond motifs is 2.